The van der Waals surface area contributed by atoms with Gasteiger partial charge in [0.25, 0.3) is 0 Å². The number of rotatable bonds is 8. The summed E-state index contributed by atoms with van der Waals surface area (Å²) in [5.41, 5.74) is 2.30. The Morgan fingerprint density at radius 3 is 2.18 bits per heavy atom. The molecule has 3 heteroatoms. The fourth-order valence-electron chi connectivity index (χ4n) is 5.31. The molecule has 0 nitrogen and oxygen atoms in total. The van der Waals surface area contributed by atoms with Crippen molar-refractivity contribution in [1.82, 2.24) is 0 Å². The summed E-state index contributed by atoms with van der Waals surface area (Å²) in [6.07, 6.45) is 15.0. The second kappa shape index (κ2) is 11.1. The van der Waals surface area contributed by atoms with Crippen LogP contribution in [0.1, 0.15) is 63.0 Å². The molecule has 0 saturated heterocycles. The number of aryl methyl sites for hydroxylation is 1. The van der Waals surface area contributed by atoms with Gasteiger partial charge in [-0.05, 0) is 67.0 Å². The Morgan fingerprint density at radius 1 is 0.853 bits per heavy atom. The van der Waals surface area contributed by atoms with Crippen molar-refractivity contribution in [1.29, 1.82) is 0 Å². The first-order valence-electron chi connectivity index (χ1n) is 12.4. The Balaban J connectivity index is 1.45. The number of hydrogen-bond donors (Lipinski definition) is 0. The van der Waals surface area contributed by atoms with Crippen LogP contribution < -0.4 is 0 Å². The van der Waals surface area contributed by atoms with Gasteiger partial charge >= 0.3 is 0 Å². The highest BCUT2D eigenvalue weighted by atomic mass is 19.2. The Labute approximate surface area is 201 Å². The van der Waals surface area contributed by atoms with E-state index in [9.17, 15) is 8.78 Å². The van der Waals surface area contributed by atoms with E-state index in [-0.39, 0.29) is 16.5 Å². The normalized spacial score (nSPS) is 18.6. The molecular weight excluding hydrogens is 429 g/mol. The van der Waals surface area contributed by atoms with Gasteiger partial charge in [-0.2, -0.15) is 0 Å². The van der Waals surface area contributed by atoms with Crippen molar-refractivity contribution >= 4 is 16.8 Å². The highest BCUT2D eigenvalue weighted by Crippen LogP contribution is 2.35. The highest BCUT2D eigenvalue weighted by molar-refractivity contribution is 5.90. The van der Waals surface area contributed by atoms with E-state index in [1.165, 1.54) is 56.2 Å². The van der Waals surface area contributed by atoms with Crippen LogP contribution in [0.15, 0.2) is 61.2 Å². The van der Waals surface area contributed by atoms with Gasteiger partial charge in [-0.3, -0.25) is 0 Å². The Morgan fingerprint density at radius 2 is 1.53 bits per heavy atom. The molecule has 0 bridgehead atoms. The van der Waals surface area contributed by atoms with Gasteiger partial charge in [-0.25, -0.2) is 13.2 Å². The summed E-state index contributed by atoms with van der Waals surface area (Å²) < 4.78 is 44.4. The number of fused-ring (bicyclic) bond motifs is 1. The van der Waals surface area contributed by atoms with E-state index in [0.29, 0.717) is 10.9 Å². The molecule has 3 aromatic rings. The standard InChI is InChI=1S/C31H33F3/c1-3-5-7-21-8-10-22(11-9-21)12-13-23-14-16-24(17-15-23)27-19-18-25-20-26(6-4-2)29(32)31(34)28(25)30(27)33/h3-4,6,14-22H,1,5,7-13H2,2H3/b6-4+. The zero-order chi connectivity index (χ0) is 24.1. The molecule has 34 heavy (non-hydrogen) atoms. The van der Waals surface area contributed by atoms with Crippen LogP contribution >= 0.6 is 0 Å². The molecule has 1 aliphatic carbocycles. The lowest BCUT2D eigenvalue weighted by Gasteiger charge is -2.28. The molecule has 0 N–H and O–H groups in total. The molecule has 0 atom stereocenters. The van der Waals surface area contributed by atoms with E-state index in [4.69, 9.17) is 0 Å². The van der Waals surface area contributed by atoms with Crippen molar-refractivity contribution < 1.29 is 13.2 Å². The quantitative estimate of drug-likeness (QED) is 0.292. The molecule has 0 heterocycles. The van der Waals surface area contributed by atoms with Crippen LogP contribution in [0.2, 0.25) is 0 Å². The van der Waals surface area contributed by atoms with E-state index in [1.54, 1.807) is 25.1 Å². The largest absolute Gasteiger partial charge is 0.206 e. The molecule has 0 unspecified atom stereocenters. The predicted molar refractivity (Wildman–Crippen MR) is 137 cm³/mol. The molecule has 0 radical (unpaired) electrons. The summed E-state index contributed by atoms with van der Waals surface area (Å²) in [5, 5.41) is 0.0557. The lowest BCUT2D eigenvalue weighted by molar-refractivity contribution is 0.254. The lowest BCUT2D eigenvalue weighted by Crippen LogP contribution is -2.15. The molecule has 178 valence electrons. The number of halogens is 3. The van der Waals surface area contributed by atoms with Crippen LogP contribution in [0.4, 0.5) is 13.2 Å². The maximum atomic E-state index is 15.3. The van der Waals surface area contributed by atoms with Gasteiger partial charge in [0.05, 0.1) is 5.39 Å². The smallest absolute Gasteiger partial charge is 0.170 e. The van der Waals surface area contributed by atoms with Crippen LogP contribution in [-0.4, -0.2) is 0 Å². The fraction of sp³-hybridized carbons (Fsp3) is 0.355. The number of benzene rings is 3. The fourth-order valence-corrected chi connectivity index (χ4v) is 5.31. The summed E-state index contributed by atoms with van der Waals surface area (Å²) >= 11 is 0. The van der Waals surface area contributed by atoms with E-state index >= 15 is 4.39 Å². The monoisotopic (exact) mass is 462 g/mol. The minimum Gasteiger partial charge on any atom is -0.206 e. The summed E-state index contributed by atoms with van der Waals surface area (Å²) in [5.74, 6) is -1.24. The Hall–Kier alpha value is -2.81. The van der Waals surface area contributed by atoms with Crippen LogP contribution in [0.3, 0.4) is 0 Å². The average molecular weight is 463 g/mol. The molecule has 1 aliphatic rings. The third-order valence-electron chi connectivity index (χ3n) is 7.35. The second-order valence-electron chi connectivity index (χ2n) is 9.61. The first-order valence-corrected chi connectivity index (χ1v) is 12.4. The van der Waals surface area contributed by atoms with E-state index in [2.05, 4.69) is 6.58 Å². The minimum atomic E-state index is -1.14. The van der Waals surface area contributed by atoms with Crippen molar-refractivity contribution in [3.8, 4) is 11.1 Å². The van der Waals surface area contributed by atoms with Crippen molar-refractivity contribution in [2.24, 2.45) is 11.8 Å². The van der Waals surface area contributed by atoms with Crippen molar-refractivity contribution in [2.45, 2.75) is 58.3 Å². The zero-order valence-electron chi connectivity index (χ0n) is 19.9. The summed E-state index contributed by atoms with van der Waals surface area (Å²) in [6, 6.07) is 12.6. The lowest BCUT2D eigenvalue weighted by atomic mass is 9.78. The topological polar surface area (TPSA) is 0 Å². The first-order chi connectivity index (χ1) is 16.5. The van der Waals surface area contributed by atoms with Gasteiger partial charge in [0, 0.05) is 11.1 Å². The molecular formula is C31H33F3. The molecule has 3 aromatic carbocycles. The van der Waals surface area contributed by atoms with Gasteiger partial charge < -0.3 is 0 Å². The predicted octanol–water partition coefficient (Wildman–Crippen LogP) is 9.66. The van der Waals surface area contributed by atoms with Gasteiger partial charge in [0.2, 0.25) is 0 Å². The average Bonchev–Trinajstić information content (AvgIpc) is 2.86. The molecule has 1 saturated carbocycles. The molecule has 0 amide bonds. The third kappa shape index (κ3) is 5.29. The first kappa shape index (κ1) is 24.3. The molecule has 4 rings (SSSR count). The van der Waals surface area contributed by atoms with Gasteiger partial charge in [0.1, 0.15) is 5.82 Å². The third-order valence-corrected chi connectivity index (χ3v) is 7.35. The van der Waals surface area contributed by atoms with Crippen LogP contribution in [0, 0.1) is 29.3 Å². The minimum absolute atomic E-state index is 0.120. The summed E-state index contributed by atoms with van der Waals surface area (Å²) in [4.78, 5) is 0. The molecule has 0 aromatic heterocycles. The van der Waals surface area contributed by atoms with Gasteiger partial charge in [-0.1, -0.05) is 80.3 Å². The number of allylic oxidation sites excluding steroid dienone is 2. The Kier molecular flexibility index (Phi) is 7.92. The SMILES string of the molecule is C=CCCC1CCC(CCc2ccc(-c3ccc4cc(/C=C/C)c(F)c(F)c4c3F)cc2)CC1. The molecule has 0 aliphatic heterocycles. The molecule has 0 spiro atoms. The van der Waals surface area contributed by atoms with Crippen molar-refractivity contribution in [2.75, 3.05) is 0 Å². The maximum absolute atomic E-state index is 15.3. The van der Waals surface area contributed by atoms with Crippen molar-refractivity contribution in [3.05, 3.63) is 89.8 Å². The van der Waals surface area contributed by atoms with E-state index in [1.807, 2.05) is 30.3 Å². The number of hydrogen-bond acceptors (Lipinski definition) is 0. The van der Waals surface area contributed by atoms with Gasteiger partial charge in [-0.15, -0.1) is 6.58 Å². The van der Waals surface area contributed by atoms with Crippen LogP contribution in [0.25, 0.3) is 28.0 Å². The van der Waals surface area contributed by atoms with Crippen molar-refractivity contribution in [3.63, 3.8) is 0 Å². The highest BCUT2D eigenvalue weighted by Gasteiger charge is 2.21. The van der Waals surface area contributed by atoms with Crippen LogP contribution in [0.5, 0.6) is 0 Å². The zero-order valence-corrected chi connectivity index (χ0v) is 19.9. The van der Waals surface area contributed by atoms with Gasteiger partial charge in [0.15, 0.2) is 11.6 Å². The van der Waals surface area contributed by atoms with E-state index in [0.717, 1.165) is 24.7 Å². The maximum Gasteiger partial charge on any atom is 0.170 e. The van der Waals surface area contributed by atoms with E-state index < -0.39 is 17.5 Å². The summed E-state index contributed by atoms with van der Waals surface area (Å²) in [7, 11) is 0. The molecule has 1 fully saturated rings. The second-order valence-corrected chi connectivity index (χ2v) is 9.61. The summed E-state index contributed by atoms with van der Waals surface area (Å²) in [6.45, 7) is 5.56. The Bertz CT molecular complexity index is 1170. The van der Waals surface area contributed by atoms with Crippen LogP contribution in [-0.2, 0) is 6.42 Å².